The average molecular weight is 373 g/mol. The number of halogens is 3. The highest BCUT2D eigenvalue weighted by atomic mass is 19.4. The van der Waals surface area contributed by atoms with Crippen LogP contribution in [-0.2, 0) is 19.3 Å². The van der Waals surface area contributed by atoms with Crippen LogP contribution in [0, 0.1) is 11.3 Å². The van der Waals surface area contributed by atoms with Crippen LogP contribution >= 0.6 is 0 Å². The van der Waals surface area contributed by atoms with Crippen molar-refractivity contribution in [1.82, 2.24) is 9.80 Å². The third kappa shape index (κ3) is 5.56. The zero-order valence-corrected chi connectivity index (χ0v) is 15.0. The molecule has 0 unspecified atom stereocenters. The van der Waals surface area contributed by atoms with E-state index in [0.29, 0.717) is 12.1 Å². The molecule has 0 bridgehead atoms. The van der Waals surface area contributed by atoms with Crippen molar-refractivity contribution in [2.24, 2.45) is 0 Å². The van der Waals surface area contributed by atoms with E-state index in [-0.39, 0.29) is 0 Å². The molecule has 142 valence electrons. The van der Waals surface area contributed by atoms with Crippen molar-refractivity contribution in [3.63, 3.8) is 0 Å². The van der Waals surface area contributed by atoms with Gasteiger partial charge in [-0.25, -0.2) is 0 Å². The van der Waals surface area contributed by atoms with Crippen LogP contribution < -0.4 is 0 Å². The van der Waals surface area contributed by atoms with Gasteiger partial charge in [0.15, 0.2) is 0 Å². The topological polar surface area (TPSA) is 30.3 Å². The Morgan fingerprint density at radius 1 is 0.778 bits per heavy atom. The summed E-state index contributed by atoms with van der Waals surface area (Å²) in [6.07, 6.45) is -3.26. The summed E-state index contributed by atoms with van der Waals surface area (Å²) in [6, 6.07) is 15.2. The molecular formula is C21H22F3N3. The van der Waals surface area contributed by atoms with Gasteiger partial charge in [-0.1, -0.05) is 24.3 Å². The van der Waals surface area contributed by atoms with Gasteiger partial charge >= 0.3 is 6.18 Å². The molecule has 3 nitrogen and oxygen atoms in total. The van der Waals surface area contributed by atoms with Crippen LogP contribution in [0.25, 0.3) is 0 Å². The minimum atomic E-state index is -4.28. The van der Waals surface area contributed by atoms with Gasteiger partial charge in [0.05, 0.1) is 17.2 Å². The first-order valence-corrected chi connectivity index (χ1v) is 9.04. The summed E-state index contributed by atoms with van der Waals surface area (Å²) in [7, 11) is 0. The van der Waals surface area contributed by atoms with Crippen molar-refractivity contribution in [2.45, 2.75) is 25.7 Å². The number of alkyl halides is 3. The van der Waals surface area contributed by atoms with Gasteiger partial charge < -0.3 is 0 Å². The molecule has 0 atom stereocenters. The molecule has 0 aromatic heterocycles. The summed E-state index contributed by atoms with van der Waals surface area (Å²) >= 11 is 0. The monoisotopic (exact) mass is 373 g/mol. The molecule has 1 aliphatic heterocycles. The smallest absolute Gasteiger partial charge is 0.298 e. The fourth-order valence-electron chi connectivity index (χ4n) is 3.34. The van der Waals surface area contributed by atoms with Gasteiger partial charge in [-0.15, -0.1) is 0 Å². The van der Waals surface area contributed by atoms with Gasteiger partial charge in [-0.3, -0.25) is 9.80 Å². The lowest BCUT2D eigenvalue weighted by molar-refractivity contribution is -0.137. The largest absolute Gasteiger partial charge is 0.416 e. The van der Waals surface area contributed by atoms with Crippen molar-refractivity contribution in [1.29, 1.82) is 5.26 Å². The molecule has 1 aliphatic rings. The first kappa shape index (κ1) is 19.4. The number of nitrogens with zero attached hydrogens (tertiary/aromatic N) is 3. The van der Waals surface area contributed by atoms with E-state index in [2.05, 4.69) is 15.9 Å². The molecule has 2 aromatic carbocycles. The summed E-state index contributed by atoms with van der Waals surface area (Å²) < 4.78 is 38.0. The van der Waals surface area contributed by atoms with Gasteiger partial charge in [-0.05, 0) is 54.9 Å². The predicted octanol–water partition coefficient (Wildman–Crippen LogP) is 4.28. The normalized spacial score (nSPS) is 16.7. The Kier molecular flexibility index (Phi) is 6.15. The molecular weight excluding hydrogens is 351 g/mol. The first-order chi connectivity index (χ1) is 12.9. The molecule has 0 amide bonds. The molecule has 0 spiro atoms. The molecule has 27 heavy (non-hydrogen) atoms. The third-order valence-corrected chi connectivity index (χ3v) is 4.86. The summed E-state index contributed by atoms with van der Waals surface area (Å²) in [5.41, 5.74) is 2.15. The summed E-state index contributed by atoms with van der Waals surface area (Å²) in [4.78, 5) is 4.68. The van der Waals surface area contributed by atoms with E-state index in [1.807, 2.05) is 24.3 Å². The maximum atomic E-state index is 12.7. The lowest BCUT2D eigenvalue weighted by atomic mass is 10.1. The molecule has 1 saturated heterocycles. The van der Waals surface area contributed by atoms with Gasteiger partial charge in [0.25, 0.3) is 0 Å². The van der Waals surface area contributed by atoms with Gasteiger partial charge in [0.1, 0.15) is 0 Å². The van der Waals surface area contributed by atoms with Crippen LogP contribution in [-0.4, -0.2) is 36.0 Å². The van der Waals surface area contributed by atoms with Crippen molar-refractivity contribution in [3.05, 3.63) is 70.8 Å². The molecule has 0 aliphatic carbocycles. The number of nitriles is 1. The molecule has 1 fully saturated rings. The Morgan fingerprint density at radius 3 is 1.70 bits per heavy atom. The number of hydrogen-bond donors (Lipinski definition) is 0. The second-order valence-corrected chi connectivity index (χ2v) is 6.91. The van der Waals surface area contributed by atoms with Crippen molar-refractivity contribution in [2.75, 3.05) is 26.2 Å². The molecule has 0 N–H and O–H groups in total. The van der Waals surface area contributed by atoms with Crippen LogP contribution in [0.2, 0.25) is 0 Å². The Bertz CT molecular complexity index is 776. The minimum absolute atomic E-state index is 0.601. The van der Waals surface area contributed by atoms with Crippen LogP contribution in [0.5, 0.6) is 0 Å². The fourth-order valence-corrected chi connectivity index (χ4v) is 3.34. The van der Waals surface area contributed by atoms with E-state index >= 15 is 0 Å². The van der Waals surface area contributed by atoms with Crippen molar-refractivity contribution in [3.8, 4) is 6.07 Å². The Hall–Kier alpha value is -2.36. The lowest BCUT2D eigenvalue weighted by Crippen LogP contribution is -2.30. The molecule has 2 aromatic rings. The molecule has 6 heteroatoms. The highest BCUT2D eigenvalue weighted by Crippen LogP contribution is 2.29. The Labute approximate surface area is 157 Å². The maximum absolute atomic E-state index is 12.7. The molecule has 0 saturated carbocycles. The fraction of sp³-hybridized carbons (Fsp3) is 0.381. The van der Waals surface area contributed by atoms with Crippen molar-refractivity contribution < 1.29 is 13.2 Å². The first-order valence-electron chi connectivity index (χ1n) is 9.04. The van der Waals surface area contributed by atoms with Gasteiger partial charge in [0.2, 0.25) is 0 Å². The second kappa shape index (κ2) is 8.55. The van der Waals surface area contributed by atoms with Gasteiger partial charge in [0, 0.05) is 26.2 Å². The van der Waals surface area contributed by atoms with E-state index in [4.69, 9.17) is 5.26 Å². The summed E-state index contributed by atoms with van der Waals surface area (Å²) in [6.45, 7) is 5.25. The predicted molar refractivity (Wildman–Crippen MR) is 97.8 cm³/mol. The van der Waals surface area contributed by atoms with Gasteiger partial charge in [-0.2, -0.15) is 18.4 Å². The number of benzene rings is 2. The highest BCUT2D eigenvalue weighted by Gasteiger charge is 2.30. The molecule has 3 rings (SSSR count). The van der Waals surface area contributed by atoms with E-state index in [9.17, 15) is 13.2 Å². The van der Waals surface area contributed by atoms with Crippen LogP contribution in [0.15, 0.2) is 48.5 Å². The summed E-state index contributed by atoms with van der Waals surface area (Å²) in [5, 5.41) is 8.87. The molecule has 1 heterocycles. The third-order valence-electron chi connectivity index (χ3n) is 4.86. The van der Waals surface area contributed by atoms with Crippen LogP contribution in [0.1, 0.15) is 28.7 Å². The minimum Gasteiger partial charge on any atom is -0.298 e. The second-order valence-electron chi connectivity index (χ2n) is 6.91. The van der Waals surface area contributed by atoms with E-state index < -0.39 is 11.7 Å². The quantitative estimate of drug-likeness (QED) is 0.801. The summed E-state index contributed by atoms with van der Waals surface area (Å²) in [5.74, 6) is 0. The number of hydrogen-bond acceptors (Lipinski definition) is 3. The van der Waals surface area contributed by atoms with E-state index in [0.717, 1.165) is 56.8 Å². The van der Waals surface area contributed by atoms with Crippen LogP contribution in [0.4, 0.5) is 13.2 Å². The van der Waals surface area contributed by atoms with Crippen molar-refractivity contribution >= 4 is 0 Å². The Balaban J connectivity index is 1.52. The zero-order valence-electron chi connectivity index (χ0n) is 15.0. The maximum Gasteiger partial charge on any atom is 0.416 e. The Morgan fingerprint density at radius 2 is 1.26 bits per heavy atom. The number of rotatable bonds is 4. The average Bonchev–Trinajstić information content (AvgIpc) is 2.87. The standard InChI is InChI=1S/C21H22F3N3/c22-21(23,24)20-8-6-19(7-9-20)16-27-11-1-10-26(12-13-27)15-18-4-2-17(14-25)3-5-18/h2-9H,1,10-13,15-16H2. The molecule has 0 radical (unpaired) electrons. The van der Waals surface area contributed by atoms with E-state index in [1.165, 1.54) is 5.56 Å². The van der Waals surface area contributed by atoms with Crippen LogP contribution in [0.3, 0.4) is 0 Å². The lowest BCUT2D eigenvalue weighted by Gasteiger charge is -2.22. The highest BCUT2D eigenvalue weighted by molar-refractivity contribution is 5.31. The SMILES string of the molecule is N#Cc1ccc(CN2CCCN(Cc3ccc(C(F)(F)F)cc3)CC2)cc1. The van der Waals surface area contributed by atoms with E-state index in [1.54, 1.807) is 12.1 Å². The zero-order chi connectivity index (χ0) is 19.3.